The highest BCUT2D eigenvalue weighted by molar-refractivity contribution is 6.07. The number of nitrogens with zero attached hydrogens (tertiary/aromatic N) is 3. The topological polar surface area (TPSA) is 108 Å². The molecule has 0 bridgehead atoms. The monoisotopic (exact) mass is 322 g/mol. The van der Waals surface area contributed by atoms with E-state index in [1.54, 1.807) is 24.7 Å². The van der Waals surface area contributed by atoms with Crippen LogP contribution in [0.3, 0.4) is 0 Å². The smallest absolute Gasteiger partial charge is 0.322 e. The first kappa shape index (κ1) is 16.9. The van der Waals surface area contributed by atoms with Crippen LogP contribution in [0, 0.1) is 6.92 Å². The van der Waals surface area contributed by atoms with E-state index in [0.29, 0.717) is 19.5 Å². The Morgan fingerprint density at radius 3 is 2.74 bits per heavy atom. The standard InChI is InChI=1S/C14H22N6O3/c1-4-14(3)12(22)20(13(23)17-14)18-11(21)8-15-5-6-19-9-10(2)7-16-19/h7,9,15H,4-6,8H2,1-3H3,(H,17,23)(H,18,21). The maximum Gasteiger partial charge on any atom is 0.344 e. The largest absolute Gasteiger partial charge is 0.344 e. The first-order valence-electron chi connectivity index (χ1n) is 7.51. The molecule has 126 valence electrons. The van der Waals surface area contributed by atoms with Gasteiger partial charge < -0.3 is 10.6 Å². The van der Waals surface area contributed by atoms with Gasteiger partial charge in [-0.3, -0.25) is 19.7 Å². The second kappa shape index (κ2) is 6.78. The molecule has 0 radical (unpaired) electrons. The van der Waals surface area contributed by atoms with Crippen LogP contribution < -0.4 is 16.1 Å². The molecule has 0 saturated carbocycles. The number of hydrazine groups is 1. The molecule has 1 saturated heterocycles. The van der Waals surface area contributed by atoms with Crippen molar-refractivity contribution in [2.24, 2.45) is 0 Å². The summed E-state index contributed by atoms with van der Waals surface area (Å²) < 4.78 is 1.77. The Bertz CT molecular complexity index is 613. The van der Waals surface area contributed by atoms with Crippen LogP contribution in [-0.2, 0) is 16.1 Å². The van der Waals surface area contributed by atoms with E-state index < -0.39 is 23.4 Å². The van der Waals surface area contributed by atoms with Gasteiger partial charge in [-0.25, -0.2) is 4.79 Å². The summed E-state index contributed by atoms with van der Waals surface area (Å²) in [6, 6.07) is -0.611. The Hall–Kier alpha value is -2.42. The van der Waals surface area contributed by atoms with Crippen LogP contribution in [0.4, 0.5) is 4.79 Å². The maximum atomic E-state index is 12.1. The lowest BCUT2D eigenvalue weighted by Gasteiger charge is -2.19. The van der Waals surface area contributed by atoms with Crippen LogP contribution in [0.15, 0.2) is 12.4 Å². The van der Waals surface area contributed by atoms with Gasteiger partial charge in [-0.2, -0.15) is 10.1 Å². The number of amides is 4. The summed E-state index contributed by atoms with van der Waals surface area (Å²) in [5, 5.41) is 10.4. The summed E-state index contributed by atoms with van der Waals surface area (Å²) in [5.74, 6) is -0.907. The van der Waals surface area contributed by atoms with Gasteiger partial charge in [-0.05, 0) is 25.8 Å². The Morgan fingerprint density at radius 2 is 2.17 bits per heavy atom. The van der Waals surface area contributed by atoms with E-state index in [-0.39, 0.29) is 6.54 Å². The molecular weight excluding hydrogens is 300 g/mol. The summed E-state index contributed by atoms with van der Waals surface area (Å²) in [7, 11) is 0. The number of hydrogen-bond donors (Lipinski definition) is 3. The third-order valence-corrected chi connectivity index (χ3v) is 3.77. The third-order valence-electron chi connectivity index (χ3n) is 3.77. The van der Waals surface area contributed by atoms with Gasteiger partial charge in [0, 0.05) is 12.7 Å². The highest BCUT2D eigenvalue weighted by Crippen LogP contribution is 2.18. The molecule has 2 heterocycles. The number of carbonyl (C=O) groups excluding carboxylic acids is 3. The summed E-state index contributed by atoms with van der Waals surface area (Å²) in [6.07, 6.45) is 4.11. The van der Waals surface area contributed by atoms with Gasteiger partial charge in [0.25, 0.3) is 11.8 Å². The summed E-state index contributed by atoms with van der Waals surface area (Å²) in [4.78, 5) is 35.7. The normalized spacial score (nSPS) is 20.7. The highest BCUT2D eigenvalue weighted by Gasteiger charge is 2.47. The molecule has 2 rings (SSSR count). The number of imide groups is 1. The Kier molecular flexibility index (Phi) is 4.99. The van der Waals surface area contributed by atoms with Crippen LogP contribution in [-0.4, -0.2) is 51.3 Å². The lowest BCUT2D eigenvalue weighted by Crippen LogP contribution is -2.50. The van der Waals surface area contributed by atoms with Crippen LogP contribution in [0.5, 0.6) is 0 Å². The fraction of sp³-hybridized carbons (Fsp3) is 0.571. The van der Waals surface area contributed by atoms with Crippen molar-refractivity contribution in [3.63, 3.8) is 0 Å². The average Bonchev–Trinajstić information content (AvgIpc) is 3.01. The van der Waals surface area contributed by atoms with Gasteiger partial charge in [-0.15, -0.1) is 0 Å². The Balaban J connectivity index is 1.74. The summed E-state index contributed by atoms with van der Waals surface area (Å²) in [6.45, 7) is 6.54. The predicted molar refractivity (Wildman–Crippen MR) is 82.1 cm³/mol. The van der Waals surface area contributed by atoms with E-state index >= 15 is 0 Å². The van der Waals surface area contributed by atoms with Crippen molar-refractivity contribution in [1.29, 1.82) is 0 Å². The van der Waals surface area contributed by atoms with Gasteiger partial charge in [0.15, 0.2) is 0 Å². The number of urea groups is 1. The average molecular weight is 322 g/mol. The zero-order valence-electron chi connectivity index (χ0n) is 13.5. The number of hydrogen-bond acceptors (Lipinski definition) is 5. The summed E-state index contributed by atoms with van der Waals surface area (Å²) in [5.41, 5.74) is 2.43. The molecule has 3 N–H and O–H groups in total. The zero-order valence-corrected chi connectivity index (χ0v) is 13.5. The van der Waals surface area contributed by atoms with Gasteiger partial charge in [-0.1, -0.05) is 6.92 Å². The highest BCUT2D eigenvalue weighted by atomic mass is 16.2. The van der Waals surface area contributed by atoms with Gasteiger partial charge in [0.05, 0.1) is 19.3 Å². The molecule has 9 heteroatoms. The predicted octanol–water partition coefficient (Wildman–Crippen LogP) is -0.467. The van der Waals surface area contributed by atoms with E-state index in [2.05, 4.69) is 21.2 Å². The van der Waals surface area contributed by atoms with E-state index in [0.717, 1.165) is 10.6 Å². The number of aromatic nitrogens is 2. The van der Waals surface area contributed by atoms with E-state index in [1.165, 1.54) is 0 Å². The van der Waals surface area contributed by atoms with Gasteiger partial charge in [0.1, 0.15) is 5.54 Å². The van der Waals surface area contributed by atoms with Crippen LogP contribution >= 0.6 is 0 Å². The first-order chi connectivity index (χ1) is 10.9. The van der Waals surface area contributed by atoms with Crippen molar-refractivity contribution in [2.75, 3.05) is 13.1 Å². The Morgan fingerprint density at radius 1 is 1.43 bits per heavy atom. The third kappa shape index (κ3) is 3.86. The number of nitrogens with one attached hydrogen (secondary N) is 3. The summed E-state index contributed by atoms with van der Waals surface area (Å²) >= 11 is 0. The van der Waals surface area contributed by atoms with E-state index in [1.807, 2.05) is 13.1 Å². The molecule has 4 amide bonds. The first-order valence-corrected chi connectivity index (χ1v) is 7.51. The minimum Gasteiger partial charge on any atom is -0.322 e. The van der Waals surface area contributed by atoms with Crippen molar-refractivity contribution < 1.29 is 14.4 Å². The molecule has 1 aliphatic rings. The van der Waals surface area contributed by atoms with Crippen LogP contribution in [0.25, 0.3) is 0 Å². The van der Waals surface area contributed by atoms with E-state index in [4.69, 9.17) is 0 Å². The molecule has 23 heavy (non-hydrogen) atoms. The van der Waals surface area contributed by atoms with Gasteiger partial charge >= 0.3 is 6.03 Å². The van der Waals surface area contributed by atoms with Crippen molar-refractivity contribution in [3.8, 4) is 0 Å². The number of aryl methyl sites for hydroxylation is 1. The van der Waals surface area contributed by atoms with Crippen molar-refractivity contribution in [1.82, 2.24) is 30.8 Å². The number of rotatable bonds is 7. The minimum absolute atomic E-state index is 0.000149. The fourth-order valence-corrected chi connectivity index (χ4v) is 2.17. The molecule has 9 nitrogen and oxygen atoms in total. The van der Waals surface area contributed by atoms with Crippen LogP contribution in [0.1, 0.15) is 25.8 Å². The molecule has 1 unspecified atom stereocenters. The number of carbonyl (C=O) groups is 3. The molecule has 0 aliphatic carbocycles. The minimum atomic E-state index is -0.963. The molecule has 1 aromatic heterocycles. The molecule has 0 aromatic carbocycles. The molecule has 1 atom stereocenters. The second-order valence-corrected chi connectivity index (χ2v) is 5.75. The SMILES string of the molecule is CCC1(C)NC(=O)N(NC(=O)CNCCn2cc(C)cn2)C1=O. The second-order valence-electron chi connectivity index (χ2n) is 5.75. The van der Waals surface area contributed by atoms with Crippen LogP contribution in [0.2, 0.25) is 0 Å². The zero-order chi connectivity index (χ0) is 17.0. The molecule has 1 fully saturated rings. The lowest BCUT2D eigenvalue weighted by atomic mass is 10.00. The maximum absolute atomic E-state index is 12.1. The quantitative estimate of drug-likeness (QED) is 0.465. The van der Waals surface area contributed by atoms with Crippen molar-refractivity contribution in [3.05, 3.63) is 18.0 Å². The molecule has 0 spiro atoms. The molecule has 1 aromatic rings. The fourth-order valence-electron chi connectivity index (χ4n) is 2.17. The molecule has 1 aliphatic heterocycles. The van der Waals surface area contributed by atoms with E-state index in [9.17, 15) is 14.4 Å². The Labute approximate surface area is 134 Å². The van der Waals surface area contributed by atoms with Crippen molar-refractivity contribution in [2.45, 2.75) is 39.3 Å². The van der Waals surface area contributed by atoms with Gasteiger partial charge in [0.2, 0.25) is 0 Å². The lowest BCUT2D eigenvalue weighted by molar-refractivity contribution is -0.138. The molecular formula is C14H22N6O3. The van der Waals surface area contributed by atoms with Crippen molar-refractivity contribution >= 4 is 17.8 Å².